The number of rotatable bonds is 5. The van der Waals surface area contributed by atoms with Gasteiger partial charge in [0.1, 0.15) is 5.82 Å². The summed E-state index contributed by atoms with van der Waals surface area (Å²) in [4.78, 5) is 22.2. The summed E-state index contributed by atoms with van der Waals surface area (Å²) < 4.78 is 17.9. The highest BCUT2D eigenvalue weighted by atomic mass is 19.1. The lowest BCUT2D eigenvalue weighted by atomic mass is 10.3. The molecule has 0 aromatic heterocycles. The Bertz CT molecular complexity index is 439. The number of nitrogens with one attached hydrogen (secondary N) is 2. The molecule has 18 heavy (non-hydrogen) atoms. The molecule has 1 atom stereocenters. The second kappa shape index (κ2) is 6.55. The largest absolute Gasteiger partial charge is 0.480 e. The number of benzene rings is 1. The third-order valence-electron chi connectivity index (χ3n) is 2.06. The Morgan fingerprint density at radius 3 is 2.67 bits per heavy atom. The quantitative estimate of drug-likeness (QED) is 0.734. The van der Waals surface area contributed by atoms with Crippen molar-refractivity contribution in [1.29, 1.82) is 0 Å². The minimum atomic E-state index is -1.24. The number of urea groups is 1. The zero-order valence-corrected chi connectivity index (χ0v) is 9.64. The second-order valence-electron chi connectivity index (χ2n) is 3.42. The first kappa shape index (κ1) is 13.9. The van der Waals surface area contributed by atoms with Crippen LogP contribution in [0, 0.1) is 5.82 Å². The van der Waals surface area contributed by atoms with Gasteiger partial charge in [-0.3, -0.25) is 0 Å². The van der Waals surface area contributed by atoms with Crippen LogP contribution in [0.4, 0.5) is 14.9 Å². The molecule has 98 valence electrons. The SMILES string of the molecule is COCC(NC(=O)Nc1ccccc1F)C(=O)O. The Labute approximate surface area is 103 Å². The van der Waals surface area contributed by atoms with Gasteiger partial charge in [0.25, 0.3) is 0 Å². The minimum absolute atomic E-state index is 0.0310. The van der Waals surface area contributed by atoms with Gasteiger partial charge in [-0.15, -0.1) is 0 Å². The number of hydrogen-bond donors (Lipinski definition) is 3. The average molecular weight is 256 g/mol. The fourth-order valence-electron chi connectivity index (χ4n) is 1.22. The minimum Gasteiger partial charge on any atom is -0.480 e. The molecule has 0 saturated carbocycles. The maximum absolute atomic E-state index is 13.2. The Hall–Kier alpha value is -2.15. The van der Waals surface area contributed by atoms with Crippen molar-refractivity contribution in [2.75, 3.05) is 19.0 Å². The Morgan fingerprint density at radius 2 is 2.11 bits per heavy atom. The van der Waals surface area contributed by atoms with Gasteiger partial charge in [-0.1, -0.05) is 12.1 Å². The molecule has 2 amide bonds. The van der Waals surface area contributed by atoms with E-state index >= 15 is 0 Å². The number of amides is 2. The number of aliphatic carboxylic acids is 1. The summed E-state index contributed by atoms with van der Waals surface area (Å²) in [6, 6.07) is 3.55. The maximum Gasteiger partial charge on any atom is 0.328 e. The summed E-state index contributed by atoms with van der Waals surface area (Å²) in [5, 5.41) is 13.1. The van der Waals surface area contributed by atoms with Crippen molar-refractivity contribution < 1.29 is 23.8 Å². The number of anilines is 1. The van der Waals surface area contributed by atoms with E-state index in [9.17, 15) is 14.0 Å². The molecule has 0 heterocycles. The molecule has 0 aliphatic carbocycles. The second-order valence-corrected chi connectivity index (χ2v) is 3.42. The third-order valence-corrected chi connectivity index (χ3v) is 2.06. The Kier molecular flexibility index (Phi) is 5.06. The first-order chi connectivity index (χ1) is 8.54. The van der Waals surface area contributed by atoms with E-state index in [0.29, 0.717) is 0 Å². The summed E-state index contributed by atoms with van der Waals surface area (Å²) in [5.74, 6) is -1.84. The number of carbonyl (C=O) groups excluding carboxylic acids is 1. The van der Waals surface area contributed by atoms with E-state index in [1.54, 1.807) is 6.07 Å². The van der Waals surface area contributed by atoms with Crippen LogP contribution in [0.15, 0.2) is 24.3 Å². The van der Waals surface area contributed by atoms with Crippen LogP contribution in [-0.4, -0.2) is 36.9 Å². The molecule has 0 aliphatic rings. The van der Waals surface area contributed by atoms with E-state index < -0.39 is 23.9 Å². The number of methoxy groups -OCH3 is 1. The number of para-hydroxylation sites is 1. The molecule has 7 heteroatoms. The van der Waals surface area contributed by atoms with Crippen LogP contribution in [0.5, 0.6) is 0 Å². The smallest absolute Gasteiger partial charge is 0.328 e. The van der Waals surface area contributed by atoms with E-state index in [2.05, 4.69) is 15.4 Å². The van der Waals surface area contributed by atoms with Crippen molar-refractivity contribution in [2.45, 2.75) is 6.04 Å². The lowest BCUT2D eigenvalue weighted by Crippen LogP contribution is -2.45. The molecular weight excluding hydrogens is 243 g/mol. The fourth-order valence-corrected chi connectivity index (χ4v) is 1.22. The molecule has 1 aromatic rings. The average Bonchev–Trinajstić information content (AvgIpc) is 2.31. The highest BCUT2D eigenvalue weighted by Gasteiger charge is 2.19. The predicted molar refractivity (Wildman–Crippen MR) is 61.9 cm³/mol. The molecule has 1 rings (SSSR count). The predicted octanol–water partition coefficient (Wildman–Crippen LogP) is 1.05. The summed E-state index contributed by atoms with van der Waals surface area (Å²) in [6.45, 7) is -0.181. The van der Waals surface area contributed by atoms with Gasteiger partial charge in [0.05, 0.1) is 12.3 Å². The molecule has 1 unspecified atom stereocenters. The van der Waals surface area contributed by atoms with Crippen LogP contribution in [0.1, 0.15) is 0 Å². The summed E-state index contributed by atoms with van der Waals surface area (Å²) >= 11 is 0. The molecule has 0 spiro atoms. The molecule has 0 aliphatic heterocycles. The highest BCUT2D eigenvalue weighted by molar-refractivity contribution is 5.92. The number of carboxylic acids is 1. The molecule has 1 aromatic carbocycles. The Balaban J connectivity index is 2.61. The molecule has 0 saturated heterocycles. The third kappa shape index (κ3) is 4.02. The van der Waals surface area contributed by atoms with Crippen LogP contribution in [-0.2, 0) is 9.53 Å². The fraction of sp³-hybridized carbons (Fsp3) is 0.273. The van der Waals surface area contributed by atoms with Gasteiger partial charge in [-0.2, -0.15) is 0 Å². The van der Waals surface area contributed by atoms with E-state index in [1.165, 1.54) is 25.3 Å². The van der Waals surface area contributed by atoms with Gasteiger partial charge in [0, 0.05) is 7.11 Å². The van der Waals surface area contributed by atoms with Crippen LogP contribution >= 0.6 is 0 Å². The monoisotopic (exact) mass is 256 g/mol. The molecule has 0 radical (unpaired) electrons. The van der Waals surface area contributed by atoms with Crippen molar-refractivity contribution in [2.24, 2.45) is 0 Å². The van der Waals surface area contributed by atoms with Crippen LogP contribution in [0.25, 0.3) is 0 Å². The topological polar surface area (TPSA) is 87.7 Å². The van der Waals surface area contributed by atoms with Gasteiger partial charge >= 0.3 is 12.0 Å². The summed E-state index contributed by atoms with van der Waals surface area (Å²) in [6.07, 6.45) is 0. The molecule has 0 fully saturated rings. The van der Waals surface area contributed by atoms with E-state index in [1.807, 2.05) is 0 Å². The zero-order valence-electron chi connectivity index (χ0n) is 9.64. The number of carbonyl (C=O) groups is 2. The normalized spacial score (nSPS) is 11.7. The van der Waals surface area contributed by atoms with Crippen molar-refractivity contribution in [1.82, 2.24) is 5.32 Å². The summed E-state index contributed by atoms with van der Waals surface area (Å²) in [5.41, 5.74) is -0.0310. The van der Waals surface area contributed by atoms with Crippen molar-refractivity contribution >= 4 is 17.7 Å². The standard InChI is InChI=1S/C11H13FN2O4/c1-18-6-9(10(15)16)14-11(17)13-8-5-3-2-4-7(8)12/h2-5,9H,6H2,1H3,(H,15,16)(H2,13,14,17). The van der Waals surface area contributed by atoms with Gasteiger partial charge < -0.3 is 20.5 Å². The van der Waals surface area contributed by atoms with Crippen LogP contribution in [0.2, 0.25) is 0 Å². The lowest BCUT2D eigenvalue weighted by Gasteiger charge is -2.14. The van der Waals surface area contributed by atoms with E-state index in [4.69, 9.17) is 5.11 Å². The van der Waals surface area contributed by atoms with Crippen molar-refractivity contribution in [3.05, 3.63) is 30.1 Å². The van der Waals surface area contributed by atoms with E-state index in [0.717, 1.165) is 0 Å². The van der Waals surface area contributed by atoms with Gasteiger partial charge in [-0.25, -0.2) is 14.0 Å². The van der Waals surface area contributed by atoms with Crippen molar-refractivity contribution in [3.8, 4) is 0 Å². The summed E-state index contributed by atoms with van der Waals surface area (Å²) in [7, 11) is 1.31. The number of halogens is 1. The van der Waals surface area contributed by atoms with Crippen LogP contribution < -0.4 is 10.6 Å². The van der Waals surface area contributed by atoms with Gasteiger partial charge in [-0.05, 0) is 12.1 Å². The molecule has 6 nitrogen and oxygen atoms in total. The highest BCUT2D eigenvalue weighted by Crippen LogP contribution is 2.11. The first-order valence-corrected chi connectivity index (χ1v) is 5.08. The number of carboxylic acid groups (broad SMARTS) is 1. The van der Waals surface area contributed by atoms with Crippen LogP contribution in [0.3, 0.4) is 0 Å². The van der Waals surface area contributed by atoms with Crippen molar-refractivity contribution in [3.63, 3.8) is 0 Å². The maximum atomic E-state index is 13.2. The number of ether oxygens (including phenoxy) is 1. The first-order valence-electron chi connectivity index (χ1n) is 5.08. The van der Waals surface area contributed by atoms with Gasteiger partial charge in [0.2, 0.25) is 0 Å². The zero-order chi connectivity index (χ0) is 13.5. The van der Waals surface area contributed by atoms with Gasteiger partial charge in [0.15, 0.2) is 6.04 Å². The lowest BCUT2D eigenvalue weighted by molar-refractivity contribution is -0.140. The molecular formula is C11H13FN2O4. The molecule has 3 N–H and O–H groups in total. The number of hydrogen-bond acceptors (Lipinski definition) is 3. The van der Waals surface area contributed by atoms with E-state index in [-0.39, 0.29) is 12.3 Å². The molecule has 0 bridgehead atoms. The Morgan fingerprint density at radius 1 is 1.44 bits per heavy atom.